The third kappa shape index (κ3) is 5.39. The Hall–Kier alpha value is -1.81. The average molecular weight is 481 g/mol. The van der Waals surface area contributed by atoms with Crippen LogP contribution in [-0.2, 0) is 21.2 Å². The lowest BCUT2D eigenvalue weighted by atomic mass is 9.93. The van der Waals surface area contributed by atoms with Crippen LogP contribution in [0.5, 0.6) is 0 Å². The molecular formula is C22H32N4O4S2. The Morgan fingerprint density at radius 2 is 2.00 bits per heavy atom. The van der Waals surface area contributed by atoms with Crippen LogP contribution in [0.25, 0.3) is 11.6 Å². The first-order chi connectivity index (χ1) is 15.3. The van der Waals surface area contributed by atoms with Gasteiger partial charge in [0, 0.05) is 18.6 Å². The van der Waals surface area contributed by atoms with Gasteiger partial charge in [-0.15, -0.1) is 10.2 Å². The Kier molecular flexibility index (Phi) is 7.29. The number of thioether (sulfide) groups is 1. The Labute approximate surface area is 194 Å². The molecule has 2 aliphatic rings. The molecular weight excluding hydrogens is 448 g/mol. The van der Waals surface area contributed by atoms with E-state index in [1.165, 1.54) is 18.2 Å². The molecule has 2 fully saturated rings. The van der Waals surface area contributed by atoms with Gasteiger partial charge in [-0.2, -0.15) is 0 Å². The number of aromatic nitrogens is 3. The first-order valence-electron chi connectivity index (χ1n) is 11.5. The molecule has 0 spiro atoms. The predicted octanol–water partition coefficient (Wildman–Crippen LogP) is 3.63. The van der Waals surface area contributed by atoms with Gasteiger partial charge in [-0.3, -0.25) is 9.36 Å². The van der Waals surface area contributed by atoms with E-state index >= 15 is 0 Å². The number of carbonyl (C=O) groups is 1. The van der Waals surface area contributed by atoms with Crippen LogP contribution in [0.1, 0.15) is 52.4 Å². The fourth-order valence-corrected chi connectivity index (χ4v) is 7.30. The van der Waals surface area contributed by atoms with E-state index in [1.54, 1.807) is 6.26 Å². The van der Waals surface area contributed by atoms with Crippen LogP contribution in [-0.4, -0.2) is 63.3 Å². The molecule has 1 aliphatic carbocycles. The van der Waals surface area contributed by atoms with Crippen molar-refractivity contribution < 1.29 is 17.6 Å². The van der Waals surface area contributed by atoms with Crippen LogP contribution >= 0.6 is 11.8 Å². The molecule has 0 aromatic carbocycles. The molecule has 1 saturated carbocycles. The highest BCUT2D eigenvalue weighted by atomic mass is 32.2. The van der Waals surface area contributed by atoms with Gasteiger partial charge >= 0.3 is 0 Å². The number of furan rings is 1. The van der Waals surface area contributed by atoms with Crippen LogP contribution in [0.15, 0.2) is 28.0 Å². The topological polar surface area (TPSA) is 98.3 Å². The molecule has 0 bridgehead atoms. The standard InChI is InChI=1S/C22H32N4O4S2/c1-16(2)13-25-21(19-9-6-11-30-19)23-24-22(25)31-14-20(27)26(17-7-4-3-5-8-17)18-10-12-32(28,29)15-18/h6,9,11,16-18H,3-5,7-8,10,12-15H2,1-2H3/t18-/m0/s1. The lowest BCUT2D eigenvalue weighted by Crippen LogP contribution is -2.49. The van der Waals surface area contributed by atoms with Crippen molar-refractivity contribution in [2.45, 2.75) is 76.2 Å². The minimum atomic E-state index is -3.06. The lowest BCUT2D eigenvalue weighted by molar-refractivity contribution is -0.133. The molecule has 4 rings (SSSR count). The lowest BCUT2D eigenvalue weighted by Gasteiger charge is -2.38. The molecule has 0 radical (unpaired) electrons. The van der Waals surface area contributed by atoms with Crippen molar-refractivity contribution in [1.29, 1.82) is 0 Å². The molecule has 0 N–H and O–H groups in total. The fraction of sp³-hybridized carbons (Fsp3) is 0.682. The van der Waals surface area contributed by atoms with Gasteiger partial charge in [-0.25, -0.2) is 8.42 Å². The van der Waals surface area contributed by atoms with Gasteiger partial charge < -0.3 is 9.32 Å². The number of nitrogens with zero attached hydrogens (tertiary/aromatic N) is 4. The maximum atomic E-state index is 13.4. The maximum absolute atomic E-state index is 13.4. The van der Waals surface area contributed by atoms with Crippen LogP contribution in [0.2, 0.25) is 0 Å². The first kappa shape index (κ1) is 23.4. The molecule has 1 atom stereocenters. The zero-order valence-corrected chi connectivity index (χ0v) is 20.4. The number of carbonyl (C=O) groups excluding carboxylic acids is 1. The number of rotatable bonds is 8. The van der Waals surface area contributed by atoms with E-state index in [2.05, 4.69) is 24.0 Å². The number of hydrogen-bond acceptors (Lipinski definition) is 7. The summed E-state index contributed by atoms with van der Waals surface area (Å²) in [5.41, 5.74) is 0. The van der Waals surface area contributed by atoms with Crippen molar-refractivity contribution in [3.8, 4) is 11.6 Å². The SMILES string of the molecule is CC(C)Cn1c(SCC(=O)N(C2CCCCC2)[C@H]2CCS(=O)(=O)C2)nnc1-c1ccco1. The van der Waals surface area contributed by atoms with Crippen LogP contribution in [0, 0.1) is 5.92 Å². The van der Waals surface area contributed by atoms with E-state index in [1.807, 2.05) is 21.6 Å². The highest BCUT2D eigenvalue weighted by Crippen LogP contribution is 2.31. The number of amides is 1. The Morgan fingerprint density at radius 3 is 2.62 bits per heavy atom. The molecule has 1 aliphatic heterocycles. The van der Waals surface area contributed by atoms with Crippen molar-refractivity contribution in [3.05, 3.63) is 18.4 Å². The van der Waals surface area contributed by atoms with E-state index in [-0.39, 0.29) is 35.2 Å². The van der Waals surface area contributed by atoms with Gasteiger partial charge in [0.1, 0.15) is 0 Å². The molecule has 1 amide bonds. The third-order valence-corrected chi connectivity index (χ3v) is 8.89. The molecule has 0 unspecified atom stereocenters. The average Bonchev–Trinajstić information content (AvgIpc) is 3.48. The van der Waals surface area contributed by atoms with Crippen LogP contribution in [0.4, 0.5) is 0 Å². The summed E-state index contributed by atoms with van der Waals surface area (Å²) >= 11 is 1.37. The summed E-state index contributed by atoms with van der Waals surface area (Å²) in [7, 11) is -3.06. The normalized spacial score (nSPS) is 21.3. The van der Waals surface area contributed by atoms with E-state index < -0.39 is 9.84 Å². The van der Waals surface area contributed by atoms with Crippen molar-refractivity contribution >= 4 is 27.5 Å². The van der Waals surface area contributed by atoms with Crippen molar-refractivity contribution in [1.82, 2.24) is 19.7 Å². The Bertz CT molecular complexity index is 1010. The predicted molar refractivity (Wildman–Crippen MR) is 124 cm³/mol. The van der Waals surface area contributed by atoms with Gasteiger partial charge in [0.25, 0.3) is 0 Å². The number of sulfone groups is 1. The second-order valence-corrected chi connectivity index (χ2v) is 12.4. The largest absolute Gasteiger partial charge is 0.461 e. The molecule has 2 aromatic heterocycles. The molecule has 176 valence electrons. The van der Waals surface area contributed by atoms with E-state index in [0.717, 1.165) is 25.7 Å². The summed E-state index contributed by atoms with van der Waals surface area (Å²) in [5, 5.41) is 9.34. The summed E-state index contributed by atoms with van der Waals surface area (Å²) in [5.74, 6) is 2.17. The number of hydrogen-bond donors (Lipinski definition) is 0. The Balaban J connectivity index is 1.51. The monoisotopic (exact) mass is 480 g/mol. The maximum Gasteiger partial charge on any atom is 0.233 e. The van der Waals surface area contributed by atoms with Gasteiger partial charge in [0.15, 0.2) is 26.6 Å². The first-order valence-corrected chi connectivity index (χ1v) is 14.3. The van der Waals surface area contributed by atoms with Gasteiger partial charge in [0.05, 0.1) is 23.5 Å². The van der Waals surface area contributed by atoms with Gasteiger partial charge in [-0.05, 0) is 37.3 Å². The molecule has 1 saturated heterocycles. The zero-order valence-electron chi connectivity index (χ0n) is 18.8. The van der Waals surface area contributed by atoms with Crippen LogP contribution in [0.3, 0.4) is 0 Å². The molecule has 3 heterocycles. The summed E-state index contributed by atoms with van der Waals surface area (Å²) in [6.07, 6.45) is 7.44. The van der Waals surface area contributed by atoms with E-state index in [4.69, 9.17) is 4.42 Å². The fourth-order valence-electron chi connectivity index (χ4n) is 4.77. The van der Waals surface area contributed by atoms with Gasteiger partial charge in [0.2, 0.25) is 5.91 Å². The summed E-state index contributed by atoms with van der Waals surface area (Å²) in [4.78, 5) is 15.3. The zero-order chi connectivity index (χ0) is 22.7. The van der Waals surface area contributed by atoms with Crippen molar-refractivity contribution in [2.24, 2.45) is 5.92 Å². The minimum Gasteiger partial charge on any atom is -0.461 e. The summed E-state index contributed by atoms with van der Waals surface area (Å²) in [6, 6.07) is 3.61. The van der Waals surface area contributed by atoms with Gasteiger partial charge in [-0.1, -0.05) is 44.9 Å². The molecule has 2 aromatic rings. The Morgan fingerprint density at radius 1 is 1.22 bits per heavy atom. The third-order valence-electron chi connectivity index (χ3n) is 6.19. The van der Waals surface area contributed by atoms with E-state index in [9.17, 15) is 13.2 Å². The highest BCUT2D eigenvalue weighted by molar-refractivity contribution is 7.99. The van der Waals surface area contributed by atoms with E-state index in [0.29, 0.717) is 35.6 Å². The van der Waals surface area contributed by atoms with Crippen molar-refractivity contribution in [3.63, 3.8) is 0 Å². The highest BCUT2D eigenvalue weighted by Gasteiger charge is 2.38. The summed E-state index contributed by atoms with van der Waals surface area (Å²) in [6.45, 7) is 4.96. The van der Waals surface area contributed by atoms with Crippen LogP contribution < -0.4 is 0 Å². The second-order valence-electron chi connectivity index (χ2n) is 9.23. The quantitative estimate of drug-likeness (QED) is 0.532. The minimum absolute atomic E-state index is 0.00245. The second kappa shape index (κ2) is 9.99. The smallest absolute Gasteiger partial charge is 0.233 e. The molecule has 8 nitrogen and oxygen atoms in total. The molecule has 10 heteroatoms. The summed E-state index contributed by atoms with van der Waals surface area (Å²) < 4.78 is 31.8. The molecule has 32 heavy (non-hydrogen) atoms. The van der Waals surface area contributed by atoms with Crippen molar-refractivity contribution in [2.75, 3.05) is 17.3 Å².